The zero-order valence-corrected chi connectivity index (χ0v) is 12.4. The van der Waals surface area contributed by atoms with Crippen LogP contribution in [0.4, 0.5) is 0 Å². The van der Waals surface area contributed by atoms with Crippen molar-refractivity contribution in [3.63, 3.8) is 0 Å². The lowest BCUT2D eigenvalue weighted by molar-refractivity contribution is 0.579. The van der Waals surface area contributed by atoms with Gasteiger partial charge in [-0.15, -0.1) is 11.3 Å². The molecule has 0 unspecified atom stereocenters. The number of aromatic nitrogens is 2. The number of thiophene rings is 1. The highest BCUT2D eigenvalue weighted by Gasteiger charge is 2.16. The van der Waals surface area contributed by atoms with Gasteiger partial charge in [0, 0.05) is 24.7 Å². The Balaban J connectivity index is 2.07. The van der Waals surface area contributed by atoms with Gasteiger partial charge < -0.3 is 5.32 Å². The summed E-state index contributed by atoms with van der Waals surface area (Å²) in [6, 6.07) is 5.23. The lowest BCUT2D eigenvalue weighted by atomic mass is 10.4. The first-order valence-electron chi connectivity index (χ1n) is 5.73. The molecule has 0 aliphatic heterocycles. The van der Waals surface area contributed by atoms with Crippen LogP contribution >= 0.6 is 11.3 Å². The predicted molar refractivity (Wildman–Crippen MR) is 74.3 cm³/mol. The molecule has 6 nitrogen and oxygen atoms in total. The van der Waals surface area contributed by atoms with Crippen molar-refractivity contribution in [3.05, 3.63) is 35.0 Å². The Morgan fingerprint density at radius 2 is 2.11 bits per heavy atom. The third-order valence-electron chi connectivity index (χ3n) is 2.62. The van der Waals surface area contributed by atoms with Crippen LogP contribution in [-0.2, 0) is 30.2 Å². The molecule has 0 bridgehead atoms. The van der Waals surface area contributed by atoms with E-state index in [1.54, 1.807) is 30.1 Å². The largest absolute Gasteiger partial charge is 0.315 e. The second kappa shape index (κ2) is 5.83. The van der Waals surface area contributed by atoms with Crippen LogP contribution < -0.4 is 10.0 Å². The van der Waals surface area contributed by atoms with Gasteiger partial charge >= 0.3 is 0 Å². The van der Waals surface area contributed by atoms with E-state index in [1.165, 1.54) is 11.3 Å². The molecule has 2 aromatic heterocycles. The van der Waals surface area contributed by atoms with E-state index in [1.807, 2.05) is 13.1 Å². The molecule has 0 atom stereocenters. The fourth-order valence-corrected chi connectivity index (χ4v) is 4.00. The number of aryl methyl sites for hydroxylation is 1. The van der Waals surface area contributed by atoms with Crippen molar-refractivity contribution in [2.75, 3.05) is 7.05 Å². The molecule has 0 fully saturated rings. The van der Waals surface area contributed by atoms with Crippen LogP contribution in [0.15, 0.2) is 28.6 Å². The molecule has 2 aromatic rings. The van der Waals surface area contributed by atoms with Gasteiger partial charge in [0.1, 0.15) is 4.21 Å². The molecule has 0 saturated heterocycles. The van der Waals surface area contributed by atoms with Gasteiger partial charge in [-0.05, 0) is 25.2 Å². The highest BCUT2D eigenvalue weighted by atomic mass is 32.2. The third-order valence-corrected chi connectivity index (χ3v) is 5.60. The van der Waals surface area contributed by atoms with Crippen molar-refractivity contribution >= 4 is 21.4 Å². The van der Waals surface area contributed by atoms with Gasteiger partial charge in [-0.25, -0.2) is 13.1 Å². The lowest BCUT2D eigenvalue weighted by Crippen LogP contribution is -2.23. The smallest absolute Gasteiger partial charge is 0.250 e. The molecule has 2 rings (SSSR count). The van der Waals surface area contributed by atoms with E-state index < -0.39 is 10.0 Å². The average molecular weight is 300 g/mol. The Kier molecular flexibility index (Phi) is 4.35. The van der Waals surface area contributed by atoms with Gasteiger partial charge in [-0.3, -0.25) is 4.68 Å². The van der Waals surface area contributed by atoms with E-state index in [0.29, 0.717) is 10.8 Å². The van der Waals surface area contributed by atoms with Crippen LogP contribution in [0.1, 0.15) is 10.6 Å². The Hall–Kier alpha value is -1.22. The number of hydrogen-bond donors (Lipinski definition) is 2. The van der Waals surface area contributed by atoms with Gasteiger partial charge in [-0.1, -0.05) is 0 Å². The maximum absolute atomic E-state index is 12.1. The molecule has 0 saturated carbocycles. The Morgan fingerprint density at radius 3 is 2.74 bits per heavy atom. The second-order valence-electron chi connectivity index (χ2n) is 4.02. The summed E-state index contributed by atoms with van der Waals surface area (Å²) in [5, 5.41) is 6.99. The maximum atomic E-state index is 12.1. The molecule has 0 amide bonds. The first-order chi connectivity index (χ1) is 9.03. The van der Waals surface area contributed by atoms with Crippen molar-refractivity contribution in [2.24, 2.45) is 7.05 Å². The molecule has 8 heteroatoms. The van der Waals surface area contributed by atoms with Crippen molar-refractivity contribution in [1.29, 1.82) is 0 Å². The van der Waals surface area contributed by atoms with Crippen LogP contribution in [0, 0.1) is 0 Å². The molecule has 104 valence electrons. The van der Waals surface area contributed by atoms with Crippen molar-refractivity contribution in [1.82, 2.24) is 19.8 Å². The van der Waals surface area contributed by atoms with Gasteiger partial charge in [0.05, 0.1) is 12.2 Å². The fourth-order valence-electron chi connectivity index (χ4n) is 1.59. The molecular weight excluding hydrogens is 284 g/mol. The van der Waals surface area contributed by atoms with Crippen LogP contribution in [0.5, 0.6) is 0 Å². The standard InChI is InChI=1S/C11H16N4O2S2/c1-12-8-10-3-4-11(18-10)19(16,17)14-7-9-5-6-13-15(9)2/h3-6,12,14H,7-8H2,1-2H3. The summed E-state index contributed by atoms with van der Waals surface area (Å²) < 4.78 is 28.8. The highest BCUT2D eigenvalue weighted by Crippen LogP contribution is 2.21. The molecular formula is C11H16N4O2S2. The van der Waals surface area contributed by atoms with Crippen LogP contribution in [0.25, 0.3) is 0 Å². The Labute approximate surface area is 116 Å². The second-order valence-corrected chi connectivity index (χ2v) is 7.18. The quantitative estimate of drug-likeness (QED) is 0.822. The number of nitrogens with one attached hydrogen (secondary N) is 2. The van der Waals surface area contributed by atoms with Crippen LogP contribution in [0.3, 0.4) is 0 Å². The van der Waals surface area contributed by atoms with E-state index in [-0.39, 0.29) is 6.54 Å². The van der Waals surface area contributed by atoms with E-state index in [9.17, 15) is 8.42 Å². The SMILES string of the molecule is CNCc1ccc(S(=O)(=O)NCc2ccnn2C)s1. The van der Waals surface area contributed by atoms with Gasteiger partial charge in [0.15, 0.2) is 0 Å². The molecule has 0 spiro atoms. The molecule has 0 aromatic carbocycles. The summed E-state index contributed by atoms with van der Waals surface area (Å²) in [6.45, 7) is 0.903. The monoisotopic (exact) mass is 300 g/mol. The minimum atomic E-state index is -3.45. The van der Waals surface area contributed by atoms with Gasteiger partial charge in [-0.2, -0.15) is 5.10 Å². The van der Waals surface area contributed by atoms with Crippen molar-refractivity contribution in [2.45, 2.75) is 17.3 Å². The summed E-state index contributed by atoms with van der Waals surface area (Å²) in [7, 11) is 0.155. The summed E-state index contributed by atoms with van der Waals surface area (Å²) in [6.07, 6.45) is 1.64. The number of nitrogens with zero attached hydrogens (tertiary/aromatic N) is 2. The first-order valence-corrected chi connectivity index (χ1v) is 8.03. The predicted octanol–water partition coefficient (Wildman–Crippen LogP) is 0.679. The molecule has 0 aliphatic rings. The number of hydrogen-bond acceptors (Lipinski definition) is 5. The minimum absolute atomic E-state index is 0.234. The highest BCUT2D eigenvalue weighted by molar-refractivity contribution is 7.91. The topological polar surface area (TPSA) is 76.0 Å². The van der Waals surface area contributed by atoms with Gasteiger partial charge in [0.2, 0.25) is 10.0 Å². The molecule has 0 aliphatic carbocycles. The van der Waals surface area contributed by atoms with E-state index in [2.05, 4.69) is 15.1 Å². The molecule has 19 heavy (non-hydrogen) atoms. The van der Waals surface area contributed by atoms with E-state index in [4.69, 9.17) is 0 Å². The fraction of sp³-hybridized carbons (Fsp3) is 0.364. The average Bonchev–Trinajstić information content (AvgIpc) is 2.97. The summed E-state index contributed by atoms with van der Waals surface area (Å²) in [5.41, 5.74) is 0.815. The zero-order valence-electron chi connectivity index (χ0n) is 10.8. The molecule has 2 N–H and O–H groups in total. The third kappa shape index (κ3) is 3.41. The van der Waals surface area contributed by atoms with E-state index in [0.717, 1.165) is 10.6 Å². The Morgan fingerprint density at radius 1 is 1.32 bits per heavy atom. The summed E-state index contributed by atoms with van der Waals surface area (Å²) in [4.78, 5) is 0.989. The van der Waals surface area contributed by atoms with Gasteiger partial charge in [0.25, 0.3) is 0 Å². The molecule has 2 heterocycles. The number of sulfonamides is 1. The van der Waals surface area contributed by atoms with E-state index >= 15 is 0 Å². The molecule has 0 radical (unpaired) electrons. The Bertz CT molecular complexity index is 645. The summed E-state index contributed by atoms with van der Waals surface area (Å²) in [5.74, 6) is 0. The normalized spacial score (nSPS) is 11.9. The number of rotatable bonds is 6. The van der Waals surface area contributed by atoms with Crippen LogP contribution in [-0.4, -0.2) is 25.2 Å². The van der Waals surface area contributed by atoms with Crippen molar-refractivity contribution < 1.29 is 8.42 Å². The first kappa shape index (κ1) is 14.2. The minimum Gasteiger partial charge on any atom is -0.315 e. The van der Waals surface area contributed by atoms with Crippen molar-refractivity contribution in [3.8, 4) is 0 Å². The lowest BCUT2D eigenvalue weighted by Gasteiger charge is -2.05. The summed E-state index contributed by atoms with van der Waals surface area (Å²) >= 11 is 1.27. The van der Waals surface area contributed by atoms with Crippen LogP contribution in [0.2, 0.25) is 0 Å². The maximum Gasteiger partial charge on any atom is 0.250 e. The zero-order chi connectivity index (χ0) is 13.9.